The van der Waals surface area contributed by atoms with Gasteiger partial charge in [-0.2, -0.15) is 0 Å². The van der Waals surface area contributed by atoms with Crippen LogP contribution in [0.1, 0.15) is 35.2 Å². The van der Waals surface area contributed by atoms with Gasteiger partial charge in [0.15, 0.2) is 0 Å². The Bertz CT molecular complexity index is 941. The molecule has 152 valence electrons. The molecule has 2 aromatic rings. The number of anilines is 2. The van der Waals surface area contributed by atoms with Crippen LogP contribution in [-0.2, 0) is 16.0 Å². The van der Waals surface area contributed by atoms with E-state index in [1.54, 1.807) is 12.1 Å². The number of methoxy groups -OCH3 is 1. The number of amides is 2. The van der Waals surface area contributed by atoms with Gasteiger partial charge in [-0.15, -0.1) is 0 Å². The van der Waals surface area contributed by atoms with E-state index >= 15 is 0 Å². The molecule has 8 nitrogen and oxygen atoms in total. The lowest BCUT2D eigenvalue weighted by Gasteiger charge is -2.17. The van der Waals surface area contributed by atoms with E-state index in [-0.39, 0.29) is 29.5 Å². The summed E-state index contributed by atoms with van der Waals surface area (Å²) in [7, 11) is 1.44. The van der Waals surface area contributed by atoms with Crippen LogP contribution in [0.2, 0.25) is 0 Å². The second kappa shape index (κ2) is 9.09. The van der Waals surface area contributed by atoms with E-state index in [1.807, 2.05) is 12.1 Å². The van der Waals surface area contributed by atoms with Crippen molar-refractivity contribution in [3.63, 3.8) is 0 Å². The van der Waals surface area contributed by atoms with Crippen molar-refractivity contribution < 1.29 is 29.0 Å². The predicted molar refractivity (Wildman–Crippen MR) is 107 cm³/mol. The minimum absolute atomic E-state index is 0.0140. The molecule has 0 aliphatic carbocycles. The Morgan fingerprint density at radius 1 is 1.14 bits per heavy atom. The third kappa shape index (κ3) is 5.25. The van der Waals surface area contributed by atoms with Crippen LogP contribution in [0.3, 0.4) is 0 Å². The van der Waals surface area contributed by atoms with E-state index in [4.69, 9.17) is 9.47 Å². The number of aromatic carboxylic acids is 1. The lowest BCUT2D eigenvalue weighted by atomic mass is 10.0. The van der Waals surface area contributed by atoms with Crippen molar-refractivity contribution >= 4 is 29.2 Å². The van der Waals surface area contributed by atoms with Gasteiger partial charge in [0.1, 0.15) is 11.5 Å². The van der Waals surface area contributed by atoms with Gasteiger partial charge >= 0.3 is 5.97 Å². The van der Waals surface area contributed by atoms with Gasteiger partial charge in [0.2, 0.25) is 11.8 Å². The van der Waals surface area contributed by atoms with Gasteiger partial charge in [0.25, 0.3) is 0 Å². The smallest absolute Gasteiger partial charge is 0.337 e. The van der Waals surface area contributed by atoms with Crippen molar-refractivity contribution in [3.8, 4) is 11.5 Å². The van der Waals surface area contributed by atoms with Gasteiger partial charge in [-0.25, -0.2) is 4.79 Å². The summed E-state index contributed by atoms with van der Waals surface area (Å²) in [5, 5.41) is 14.7. The fraction of sp³-hybridized carbons (Fsp3) is 0.286. The highest BCUT2D eigenvalue weighted by atomic mass is 16.5. The number of carboxylic acid groups (broad SMARTS) is 1. The summed E-state index contributed by atoms with van der Waals surface area (Å²) < 4.78 is 10.7. The number of nitrogens with one attached hydrogen (secondary N) is 2. The van der Waals surface area contributed by atoms with E-state index in [2.05, 4.69) is 10.6 Å². The van der Waals surface area contributed by atoms with Crippen molar-refractivity contribution in [1.82, 2.24) is 0 Å². The molecule has 0 atom stereocenters. The van der Waals surface area contributed by atoms with Gasteiger partial charge < -0.3 is 25.2 Å². The molecule has 1 heterocycles. The second-order valence-corrected chi connectivity index (χ2v) is 6.58. The molecule has 0 fully saturated rings. The van der Waals surface area contributed by atoms with Gasteiger partial charge in [0.05, 0.1) is 25.0 Å². The molecule has 1 aliphatic heterocycles. The zero-order valence-corrected chi connectivity index (χ0v) is 16.0. The summed E-state index contributed by atoms with van der Waals surface area (Å²) in [5.74, 6) is -0.345. The highest BCUT2D eigenvalue weighted by Gasteiger charge is 2.16. The number of ether oxygens (including phenoxy) is 2. The molecule has 2 amide bonds. The molecular weight excluding hydrogens is 376 g/mol. The molecule has 8 heteroatoms. The minimum Gasteiger partial charge on any atom is -0.497 e. The van der Waals surface area contributed by atoms with Crippen LogP contribution in [0.25, 0.3) is 0 Å². The number of carbonyl (C=O) groups is 3. The van der Waals surface area contributed by atoms with E-state index in [9.17, 15) is 19.5 Å². The molecule has 2 aromatic carbocycles. The first-order valence-corrected chi connectivity index (χ1v) is 9.23. The monoisotopic (exact) mass is 398 g/mol. The molecular formula is C21H22N2O6. The topological polar surface area (TPSA) is 114 Å². The third-order valence-corrected chi connectivity index (χ3v) is 4.52. The number of aryl methyl sites for hydroxylation is 1. The zero-order chi connectivity index (χ0) is 20.8. The molecule has 0 saturated carbocycles. The summed E-state index contributed by atoms with van der Waals surface area (Å²) in [6.45, 7) is 0.340. The standard InChI is InChI=1S/C21H22N2O6/c1-28-14-5-8-18(16(12-14)21(26)27)23-19(24)3-2-10-29-15-6-7-17-13(11-15)4-9-20(25)22-17/h5-8,11-12H,2-4,9-10H2,1H3,(H,22,25)(H,23,24)(H,26,27). The Morgan fingerprint density at radius 2 is 1.93 bits per heavy atom. The number of hydrogen-bond acceptors (Lipinski definition) is 5. The van der Waals surface area contributed by atoms with Crippen molar-refractivity contribution in [2.24, 2.45) is 0 Å². The second-order valence-electron chi connectivity index (χ2n) is 6.58. The van der Waals surface area contributed by atoms with E-state index in [0.29, 0.717) is 37.4 Å². The van der Waals surface area contributed by atoms with Crippen LogP contribution < -0.4 is 20.1 Å². The Morgan fingerprint density at radius 3 is 2.69 bits per heavy atom. The molecule has 1 aliphatic rings. The van der Waals surface area contributed by atoms with Gasteiger partial charge in [0, 0.05) is 18.5 Å². The first-order valence-electron chi connectivity index (χ1n) is 9.23. The summed E-state index contributed by atoms with van der Waals surface area (Å²) in [4.78, 5) is 34.9. The molecule has 3 N–H and O–H groups in total. The molecule has 0 spiro atoms. The largest absolute Gasteiger partial charge is 0.497 e. The third-order valence-electron chi connectivity index (χ3n) is 4.52. The number of carboxylic acids is 1. The maximum absolute atomic E-state index is 12.1. The Hall–Kier alpha value is -3.55. The molecule has 0 saturated heterocycles. The van der Waals surface area contributed by atoms with Crippen LogP contribution in [0, 0.1) is 0 Å². The van der Waals surface area contributed by atoms with Crippen LogP contribution in [0.15, 0.2) is 36.4 Å². The van der Waals surface area contributed by atoms with Crippen LogP contribution in [-0.4, -0.2) is 36.6 Å². The Labute approximate surface area is 167 Å². The molecule has 29 heavy (non-hydrogen) atoms. The highest BCUT2D eigenvalue weighted by molar-refractivity contribution is 6.00. The fourth-order valence-electron chi connectivity index (χ4n) is 3.02. The molecule has 0 unspecified atom stereocenters. The molecule has 0 radical (unpaired) electrons. The summed E-state index contributed by atoms with van der Waals surface area (Å²) in [6, 6.07) is 9.93. The number of rotatable bonds is 8. The predicted octanol–water partition coefficient (Wildman–Crippen LogP) is 3.08. The first-order chi connectivity index (χ1) is 14.0. The number of hydrogen-bond donors (Lipinski definition) is 3. The fourth-order valence-corrected chi connectivity index (χ4v) is 3.02. The maximum atomic E-state index is 12.1. The van der Waals surface area contributed by atoms with E-state index in [1.165, 1.54) is 19.2 Å². The van der Waals surface area contributed by atoms with Crippen molar-refractivity contribution in [2.45, 2.75) is 25.7 Å². The molecule has 0 bridgehead atoms. The summed E-state index contributed by atoms with van der Waals surface area (Å²) in [5.41, 5.74) is 2.03. The first kappa shape index (κ1) is 20.2. The zero-order valence-electron chi connectivity index (χ0n) is 16.0. The number of benzene rings is 2. The Balaban J connectivity index is 1.48. The molecule has 3 rings (SSSR count). The Kier molecular flexibility index (Phi) is 6.33. The van der Waals surface area contributed by atoms with Crippen LogP contribution in [0.4, 0.5) is 11.4 Å². The van der Waals surface area contributed by atoms with Crippen LogP contribution in [0.5, 0.6) is 11.5 Å². The minimum atomic E-state index is -1.15. The summed E-state index contributed by atoms with van der Waals surface area (Å²) >= 11 is 0. The SMILES string of the molecule is COc1ccc(NC(=O)CCCOc2ccc3c(c2)CCC(=O)N3)c(C(=O)O)c1. The lowest BCUT2D eigenvalue weighted by Crippen LogP contribution is -2.18. The van der Waals surface area contributed by atoms with Crippen LogP contribution >= 0.6 is 0 Å². The number of fused-ring (bicyclic) bond motifs is 1. The van der Waals surface area contributed by atoms with Crippen molar-refractivity contribution in [3.05, 3.63) is 47.5 Å². The van der Waals surface area contributed by atoms with Gasteiger partial charge in [-0.1, -0.05) is 0 Å². The number of carbonyl (C=O) groups excluding carboxylic acids is 2. The van der Waals surface area contributed by atoms with E-state index in [0.717, 1.165) is 11.3 Å². The highest BCUT2D eigenvalue weighted by Crippen LogP contribution is 2.27. The molecule has 0 aromatic heterocycles. The van der Waals surface area contributed by atoms with Gasteiger partial charge in [-0.3, -0.25) is 9.59 Å². The van der Waals surface area contributed by atoms with Gasteiger partial charge in [-0.05, 0) is 54.8 Å². The van der Waals surface area contributed by atoms with Crippen molar-refractivity contribution in [2.75, 3.05) is 24.4 Å². The van der Waals surface area contributed by atoms with E-state index < -0.39 is 5.97 Å². The summed E-state index contributed by atoms with van der Waals surface area (Å²) in [6.07, 6.45) is 1.79. The lowest BCUT2D eigenvalue weighted by molar-refractivity contribution is -0.117. The average molecular weight is 398 g/mol. The van der Waals surface area contributed by atoms with Crippen molar-refractivity contribution in [1.29, 1.82) is 0 Å². The maximum Gasteiger partial charge on any atom is 0.337 e. The normalized spacial score (nSPS) is 12.5. The quantitative estimate of drug-likeness (QED) is 0.589. The average Bonchev–Trinajstić information content (AvgIpc) is 2.71.